The van der Waals surface area contributed by atoms with E-state index in [2.05, 4.69) is 17.6 Å². The van der Waals surface area contributed by atoms with Gasteiger partial charge >= 0.3 is 0 Å². The zero-order chi connectivity index (χ0) is 15.9. The molecule has 2 aromatic carbocycles. The molecule has 0 aromatic heterocycles. The molecular weight excluding hydrogens is 282 g/mol. The van der Waals surface area contributed by atoms with Crippen LogP contribution in [0.15, 0.2) is 48.5 Å². The zero-order valence-electron chi connectivity index (χ0n) is 12.2. The van der Waals surface area contributed by atoms with Crippen molar-refractivity contribution < 1.29 is 9.72 Å². The van der Waals surface area contributed by atoms with Gasteiger partial charge in [0, 0.05) is 23.5 Å². The SMILES string of the molecule is CCc1ccc(NCC(=O)Nc2cccc([N+](=O)[O-])c2)cc1. The number of carbonyl (C=O) groups excluding carboxylic acids is 1. The number of anilines is 2. The summed E-state index contributed by atoms with van der Waals surface area (Å²) in [4.78, 5) is 22.0. The van der Waals surface area contributed by atoms with Gasteiger partial charge in [-0.15, -0.1) is 0 Å². The summed E-state index contributed by atoms with van der Waals surface area (Å²) >= 11 is 0. The molecular formula is C16H17N3O3. The molecule has 0 unspecified atom stereocenters. The molecule has 6 nitrogen and oxygen atoms in total. The number of carbonyl (C=O) groups is 1. The minimum absolute atomic E-state index is 0.0547. The Hall–Kier alpha value is -2.89. The molecule has 0 aliphatic carbocycles. The number of nitrogens with one attached hydrogen (secondary N) is 2. The van der Waals surface area contributed by atoms with E-state index < -0.39 is 4.92 Å². The third-order valence-electron chi connectivity index (χ3n) is 3.16. The van der Waals surface area contributed by atoms with E-state index in [4.69, 9.17) is 0 Å². The second-order valence-electron chi connectivity index (χ2n) is 4.76. The molecule has 0 aliphatic rings. The molecule has 2 rings (SSSR count). The monoisotopic (exact) mass is 299 g/mol. The van der Waals surface area contributed by atoms with Crippen molar-refractivity contribution in [3.05, 3.63) is 64.2 Å². The van der Waals surface area contributed by atoms with Crippen molar-refractivity contribution >= 4 is 23.0 Å². The summed E-state index contributed by atoms with van der Waals surface area (Å²) in [6.45, 7) is 2.17. The molecule has 0 spiro atoms. The molecule has 1 amide bonds. The molecule has 0 fully saturated rings. The van der Waals surface area contributed by atoms with Crippen LogP contribution < -0.4 is 10.6 Å². The van der Waals surface area contributed by atoms with Crippen molar-refractivity contribution in [3.63, 3.8) is 0 Å². The summed E-state index contributed by atoms with van der Waals surface area (Å²) in [7, 11) is 0. The van der Waals surface area contributed by atoms with Crippen molar-refractivity contribution in [2.24, 2.45) is 0 Å². The number of non-ortho nitro benzene ring substituents is 1. The van der Waals surface area contributed by atoms with E-state index in [9.17, 15) is 14.9 Å². The van der Waals surface area contributed by atoms with Crippen LogP contribution in [0.25, 0.3) is 0 Å². The largest absolute Gasteiger partial charge is 0.376 e. The summed E-state index contributed by atoms with van der Waals surface area (Å²) in [5.74, 6) is -0.264. The number of nitrogens with zero attached hydrogens (tertiary/aromatic N) is 1. The Bertz CT molecular complexity index is 669. The summed E-state index contributed by atoms with van der Waals surface area (Å²) < 4.78 is 0. The van der Waals surface area contributed by atoms with Crippen LogP contribution in [0.3, 0.4) is 0 Å². The van der Waals surface area contributed by atoms with Crippen molar-refractivity contribution in [1.82, 2.24) is 0 Å². The molecule has 0 bridgehead atoms. The highest BCUT2D eigenvalue weighted by Gasteiger charge is 2.08. The van der Waals surface area contributed by atoms with E-state index in [0.29, 0.717) is 5.69 Å². The van der Waals surface area contributed by atoms with Gasteiger partial charge in [0.15, 0.2) is 0 Å². The number of nitro benzene ring substituents is 1. The highest BCUT2D eigenvalue weighted by molar-refractivity contribution is 5.94. The smallest absolute Gasteiger partial charge is 0.271 e. The molecule has 2 N–H and O–H groups in total. The molecule has 6 heteroatoms. The second kappa shape index (κ2) is 7.21. The van der Waals surface area contributed by atoms with Crippen molar-refractivity contribution in [1.29, 1.82) is 0 Å². The lowest BCUT2D eigenvalue weighted by atomic mass is 10.1. The Morgan fingerprint density at radius 2 is 1.86 bits per heavy atom. The maximum atomic E-state index is 11.8. The normalized spacial score (nSPS) is 10.0. The molecule has 0 radical (unpaired) electrons. The van der Waals surface area contributed by atoms with Gasteiger partial charge in [0.05, 0.1) is 11.5 Å². The number of benzene rings is 2. The molecule has 22 heavy (non-hydrogen) atoms. The van der Waals surface area contributed by atoms with Crippen LogP contribution >= 0.6 is 0 Å². The fraction of sp³-hybridized carbons (Fsp3) is 0.188. The van der Waals surface area contributed by atoms with Gasteiger partial charge in [-0.05, 0) is 30.2 Å². The molecule has 0 saturated carbocycles. The van der Waals surface area contributed by atoms with Crippen LogP contribution in [0.4, 0.5) is 17.1 Å². The molecule has 0 atom stereocenters. The molecule has 2 aromatic rings. The predicted molar refractivity (Wildman–Crippen MR) is 86.0 cm³/mol. The number of aryl methyl sites for hydroxylation is 1. The van der Waals surface area contributed by atoms with Crippen molar-refractivity contribution in [3.8, 4) is 0 Å². The maximum absolute atomic E-state index is 11.8. The van der Waals surface area contributed by atoms with Gasteiger partial charge in [-0.25, -0.2) is 0 Å². The first-order valence-corrected chi connectivity index (χ1v) is 6.95. The van der Waals surface area contributed by atoms with Crippen molar-refractivity contribution in [2.75, 3.05) is 17.2 Å². The third-order valence-corrected chi connectivity index (χ3v) is 3.16. The quantitative estimate of drug-likeness (QED) is 0.633. The van der Waals surface area contributed by atoms with Crippen LogP contribution in [0.5, 0.6) is 0 Å². The summed E-state index contributed by atoms with van der Waals surface area (Å²) in [6.07, 6.45) is 0.966. The number of hydrogen-bond acceptors (Lipinski definition) is 4. The Kier molecular flexibility index (Phi) is 5.08. The standard InChI is InChI=1S/C16H17N3O3/c1-2-12-6-8-13(9-7-12)17-11-16(20)18-14-4-3-5-15(10-14)19(21)22/h3-10,17H,2,11H2,1H3,(H,18,20). The number of hydrogen-bond donors (Lipinski definition) is 2. The number of amides is 1. The lowest BCUT2D eigenvalue weighted by Crippen LogP contribution is -2.21. The fourth-order valence-corrected chi connectivity index (χ4v) is 1.94. The third kappa shape index (κ3) is 4.31. The Balaban J connectivity index is 1.89. The van der Waals surface area contributed by atoms with Gasteiger partial charge in [-0.3, -0.25) is 14.9 Å². The summed E-state index contributed by atoms with van der Waals surface area (Å²) in [6, 6.07) is 13.7. The summed E-state index contributed by atoms with van der Waals surface area (Å²) in [5, 5.41) is 16.3. The first-order valence-electron chi connectivity index (χ1n) is 6.95. The van der Waals surface area contributed by atoms with E-state index in [1.165, 1.54) is 23.8 Å². The minimum Gasteiger partial charge on any atom is -0.376 e. The highest BCUT2D eigenvalue weighted by Crippen LogP contribution is 2.17. The van der Waals surface area contributed by atoms with Crippen LogP contribution in [-0.4, -0.2) is 17.4 Å². The van der Waals surface area contributed by atoms with E-state index in [1.54, 1.807) is 6.07 Å². The number of rotatable bonds is 6. The van der Waals surface area contributed by atoms with E-state index in [1.807, 2.05) is 24.3 Å². The van der Waals surface area contributed by atoms with E-state index >= 15 is 0 Å². The second-order valence-corrected chi connectivity index (χ2v) is 4.76. The number of nitro groups is 1. The molecule has 0 heterocycles. The molecule has 114 valence electrons. The van der Waals surface area contributed by atoms with Crippen molar-refractivity contribution in [2.45, 2.75) is 13.3 Å². The van der Waals surface area contributed by atoms with Crippen LogP contribution in [0.2, 0.25) is 0 Å². The van der Waals surface area contributed by atoms with Gasteiger partial charge in [0.1, 0.15) is 0 Å². The lowest BCUT2D eigenvalue weighted by molar-refractivity contribution is -0.384. The zero-order valence-corrected chi connectivity index (χ0v) is 12.2. The Morgan fingerprint density at radius 1 is 1.14 bits per heavy atom. The first kappa shape index (κ1) is 15.5. The average Bonchev–Trinajstić information content (AvgIpc) is 2.53. The van der Waals surface area contributed by atoms with Crippen LogP contribution in [0, 0.1) is 10.1 Å². The topological polar surface area (TPSA) is 84.3 Å². The van der Waals surface area contributed by atoms with Gasteiger partial charge < -0.3 is 10.6 Å². The fourth-order valence-electron chi connectivity index (χ4n) is 1.94. The molecule has 0 aliphatic heterocycles. The van der Waals surface area contributed by atoms with Gasteiger partial charge in [0.25, 0.3) is 5.69 Å². The maximum Gasteiger partial charge on any atom is 0.271 e. The molecule has 0 saturated heterocycles. The van der Waals surface area contributed by atoms with Gasteiger partial charge in [-0.1, -0.05) is 25.1 Å². The van der Waals surface area contributed by atoms with Crippen LogP contribution in [0.1, 0.15) is 12.5 Å². The summed E-state index contributed by atoms with van der Waals surface area (Å²) in [5.41, 5.74) is 2.43. The predicted octanol–water partition coefficient (Wildman–Crippen LogP) is 3.21. The van der Waals surface area contributed by atoms with Gasteiger partial charge in [-0.2, -0.15) is 0 Å². The minimum atomic E-state index is -0.497. The highest BCUT2D eigenvalue weighted by atomic mass is 16.6. The lowest BCUT2D eigenvalue weighted by Gasteiger charge is -2.08. The average molecular weight is 299 g/mol. The van der Waals surface area contributed by atoms with Crippen LogP contribution in [-0.2, 0) is 11.2 Å². The Labute approximate surface area is 128 Å². The van der Waals surface area contributed by atoms with E-state index in [-0.39, 0.29) is 18.1 Å². The van der Waals surface area contributed by atoms with E-state index in [0.717, 1.165) is 12.1 Å². The van der Waals surface area contributed by atoms with Gasteiger partial charge in [0.2, 0.25) is 5.91 Å². The first-order chi connectivity index (χ1) is 10.6. The Morgan fingerprint density at radius 3 is 2.50 bits per heavy atom.